The van der Waals surface area contributed by atoms with E-state index in [1.165, 1.54) is 61.8 Å². The van der Waals surface area contributed by atoms with Crippen LogP contribution in [0.4, 0.5) is 10.5 Å². The number of benzene rings is 2. The van der Waals surface area contributed by atoms with Crippen LogP contribution in [0.2, 0.25) is 0 Å². The number of nitrogens with one attached hydrogen (secondary N) is 1. The van der Waals surface area contributed by atoms with Crippen molar-refractivity contribution in [3.05, 3.63) is 53.1 Å². The molecule has 3 fully saturated rings. The molecule has 270 valence electrons. The van der Waals surface area contributed by atoms with E-state index < -0.39 is 6.09 Å². The van der Waals surface area contributed by atoms with E-state index in [0.717, 1.165) is 67.6 Å². The van der Waals surface area contributed by atoms with Crippen molar-refractivity contribution in [1.29, 1.82) is 0 Å². The van der Waals surface area contributed by atoms with Crippen LogP contribution in [0.3, 0.4) is 0 Å². The Morgan fingerprint density at radius 3 is 2.48 bits per heavy atom. The maximum Gasteiger partial charge on any atom is 0.411 e. The molecule has 5 aliphatic rings. The number of rotatable bonds is 10. The van der Waals surface area contributed by atoms with E-state index in [2.05, 4.69) is 46.0 Å². The van der Waals surface area contributed by atoms with E-state index >= 15 is 0 Å². The van der Waals surface area contributed by atoms with Crippen LogP contribution in [0.25, 0.3) is 10.8 Å². The zero-order chi connectivity index (χ0) is 35.4. The van der Waals surface area contributed by atoms with E-state index in [-0.39, 0.29) is 23.3 Å². The molecule has 0 unspecified atom stereocenters. The molecule has 0 radical (unpaired) electrons. The predicted octanol–water partition coefficient (Wildman–Crippen LogP) is 11.2. The van der Waals surface area contributed by atoms with Crippen LogP contribution in [0.5, 0.6) is 0 Å². The summed E-state index contributed by atoms with van der Waals surface area (Å²) in [6.07, 6.45) is 17.2. The van der Waals surface area contributed by atoms with Crippen molar-refractivity contribution >= 4 is 34.4 Å². The minimum absolute atomic E-state index is 0.155. The molecule has 1 heterocycles. The number of carbonyl (C=O) groups excluding carboxylic acids is 3. The van der Waals surface area contributed by atoms with Gasteiger partial charge < -0.3 is 4.74 Å². The highest BCUT2D eigenvalue weighted by Crippen LogP contribution is 2.67. The number of hydrogen-bond acceptors (Lipinski definition) is 4. The van der Waals surface area contributed by atoms with Gasteiger partial charge in [0.1, 0.15) is 6.10 Å². The highest BCUT2D eigenvalue weighted by molar-refractivity contribution is 6.27. The molecule has 6 nitrogen and oxygen atoms in total. The smallest absolute Gasteiger partial charge is 0.411 e. The molecule has 3 amide bonds. The maximum absolute atomic E-state index is 13.4. The number of carbonyl (C=O) groups is 3. The van der Waals surface area contributed by atoms with Gasteiger partial charge in [-0.3, -0.25) is 19.8 Å². The molecule has 4 aliphatic carbocycles. The van der Waals surface area contributed by atoms with Gasteiger partial charge in [0.05, 0.1) is 5.69 Å². The number of anilines is 1. The molecule has 50 heavy (non-hydrogen) atoms. The normalized spacial score (nSPS) is 32.3. The number of amides is 3. The Morgan fingerprint density at radius 2 is 1.72 bits per heavy atom. The zero-order valence-electron chi connectivity index (χ0n) is 31.5. The summed E-state index contributed by atoms with van der Waals surface area (Å²) in [4.78, 5) is 41.3. The predicted molar refractivity (Wildman–Crippen MR) is 201 cm³/mol. The number of imide groups is 1. The standard InChI is InChI=1S/C44H60N2O4/c1-7-8-25-46-40(47)33-14-10-13-32-38(20-17-34(39(32)33)41(46)48)45-42(49)50-30-21-23-43(5)29(26-30)15-16-31-36-19-18-35(28(4)12-9-11-27(2)3)44(36,6)24-22-37(31)43/h10,13-15,17,20,27-28,30-31,35-37H,7-9,11-12,16,18-19,21-26H2,1-6H3,(H,45,49)/t28-,30+,31+,35-,36+,37+,43+,44-/m1/s1. The Balaban J connectivity index is 1.01. The van der Waals surface area contributed by atoms with Gasteiger partial charge in [0, 0.05) is 34.9 Å². The topological polar surface area (TPSA) is 75.7 Å². The second-order valence-electron chi connectivity index (χ2n) is 17.7. The van der Waals surface area contributed by atoms with E-state index in [1.807, 2.05) is 19.1 Å². The molecule has 2 aromatic carbocycles. The van der Waals surface area contributed by atoms with Gasteiger partial charge in [0.25, 0.3) is 11.8 Å². The third-order valence-electron chi connectivity index (χ3n) is 14.5. The molecule has 3 saturated carbocycles. The van der Waals surface area contributed by atoms with Crippen molar-refractivity contribution in [2.75, 3.05) is 11.9 Å². The molecule has 0 spiro atoms. The number of nitrogens with zero attached hydrogens (tertiary/aromatic N) is 1. The number of allylic oxidation sites excluding steroid dienone is 1. The van der Waals surface area contributed by atoms with Gasteiger partial charge in [0.2, 0.25) is 0 Å². The monoisotopic (exact) mass is 680 g/mol. The summed E-state index contributed by atoms with van der Waals surface area (Å²) in [5, 5.41) is 4.28. The van der Waals surface area contributed by atoms with Crippen molar-refractivity contribution in [2.24, 2.45) is 46.3 Å². The number of fused-ring (bicyclic) bond motifs is 5. The summed E-state index contributed by atoms with van der Waals surface area (Å²) in [6.45, 7) is 14.9. The van der Waals surface area contributed by atoms with Gasteiger partial charge in [-0.1, -0.05) is 91.0 Å². The Bertz CT molecular complexity index is 1660. The van der Waals surface area contributed by atoms with Gasteiger partial charge in [-0.25, -0.2) is 4.79 Å². The second kappa shape index (κ2) is 13.8. The Hall–Kier alpha value is -3.15. The SMILES string of the molecule is CCCCN1C(=O)c2cccc3c(NC(=O)O[C@H]4CC[C@@]5(C)C(=CC[C@H]6[C@@H]7CC[C@H]([C@H](C)CCCC(C)C)[C@@]7(C)CC[C@@H]65)C4)ccc(c23)C1=O. The van der Waals surface area contributed by atoms with Gasteiger partial charge in [-0.05, 0) is 116 Å². The van der Waals surface area contributed by atoms with Crippen molar-refractivity contribution in [3.63, 3.8) is 0 Å². The third-order valence-corrected chi connectivity index (χ3v) is 14.5. The third kappa shape index (κ3) is 6.00. The fraction of sp³-hybridized carbons (Fsp3) is 0.659. The molecular formula is C44H60N2O4. The van der Waals surface area contributed by atoms with E-state index in [4.69, 9.17) is 4.74 Å². The molecule has 1 aliphatic heterocycles. The maximum atomic E-state index is 13.4. The Morgan fingerprint density at radius 1 is 0.940 bits per heavy atom. The van der Waals surface area contributed by atoms with E-state index in [0.29, 0.717) is 39.5 Å². The number of ether oxygens (including phenoxy) is 1. The molecule has 0 aromatic heterocycles. The summed E-state index contributed by atoms with van der Waals surface area (Å²) in [5.74, 6) is 4.30. The van der Waals surface area contributed by atoms with Crippen LogP contribution < -0.4 is 5.32 Å². The average Bonchev–Trinajstić information content (AvgIpc) is 3.45. The van der Waals surface area contributed by atoms with Crippen molar-refractivity contribution in [3.8, 4) is 0 Å². The first-order chi connectivity index (χ1) is 24.0. The highest BCUT2D eigenvalue weighted by Gasteiger charge is 2.59. The molecular weight excluding hydrogens is 620 g/mol. The Kier molecular flexibility index (Phi) is 9.71. The molecule has 7 rings (SSSR count). The van der Waals surface area contributed by atoms with Crippen molar-refractivity contribution < 1.29 is 19.1 Å². The summed E-state index contributed by atoms with van der Waals surface area (Å²) < 4.78 is 6.12. The molecule has 1 N–H and O–H groups in total. The van der Waals surface area contributed by atoms with E-state index in [9.17, 15) is 14.4 Å². The van der Waals surface area contributed by atoms with Crippen molar-refractivity contribution in [1.82, 2.24) is 4.90 Å². The van der Waals surface area contributed by atoms with Gasteiger partial charge in [0.15, 0.2) is 0 Å². The van der Waals surface area contributed by atoms with E-state index in [1.54, 1.807) is 18.2 Å². The minimum atomic E-state index is -0.473. The molecule has 6 heteroatoms. The lowest BCUT2D eigenvalue weighted by atomic mass is 9.47. The lowest BCUT2D eigenvalue weighted by Gasteiger charge is -2.58. The van der Waals surface area contributed by atoms with Crippen LogP contribution in [0.15, 0.2) is 42.0 Å². The zero-order valence-corrected chi connectivity index (χ0v) is 31.5. The lowest BCUT2D eigenvalue weighted by Crippen LogP contribution is -2.51. The Labute approximate surface area is 300 Å². The first-order valence-corrected chi connectivity index (χ1v) is 20.0. The summed E-state index contributed by atoms with van der Waals surface area (Å²) in [6, 6.07) is 8.97. The fourth-order valence-electron chi connectivity index (χ4n) is 11.8. The molecule has 0 bridgehead atoms. The highest BCUT2D eigenvalue weighted by atomic mass is 16.6. The van der Waals surface area contributed by atoms with Crippen LogP contribution in [0, 0.1) is 46.3 Å². The molecule has 2 aromatic rings. The van der Waals surface area contributed by atoms with Gasteiger partial charge >= 0.3 is 6.09 Å². The number of hydrogen-bond donors (Lipinski definition) is 1. The summed E-state index contributed by atoms with van der Waals surface area (Å²) in [5.41, 5.74) is 3.76. The largest absolute Gasteiger partial charge is 0.446 e. The van der Waals surface area contributed by atoms with Crippen LogP contribution in [0.1, 0.15) is 146 Å². The van der Waals surface area contributed by atoms with Gasteiger partial charge in [-0.2, -0.15) is 0 Å². The van der Waals surface area contributed by atoms with Crippen LogP contribution in [-0.2, 0) is 4.74 Å². The quantitative estimate of drug-likeness (QED) is 0.200. The van der Waals surface area contributed by atoms with Crippen LogP contribution in [-0.4, -0.2) is 35.5 Å². The molecule has 8 atom stereocenters. The van der Waals surface area contributed by atoms with Gasteiger partial charge in [-0.15, -0.1) is 0 Å². The van der Waals surface area contributed by atoms with Crippen LogP contribution >= 0.6 is 0 Å². The first kappa shape index (κ1) is 35.3. The average molecular weight is 681 g/mol. The minimum Gasteiger partial charge on any atom is -0.446 e. The number of unbranched alkanes of at least 4 members (excludes halogenated alkanes) is 1. The summed E-state index contributed by atoms with van der Waals surface area (Å²) >= 11 is 0. The van der Waals surface area contributed by atoms with Crippen molar-refractivity contribution in [2.45, 2.75) is 131 Å². The lowest BCUT2D eigenvalue weighted by molar-refractivity contribution is -0.0577. The molecule has 0 saturated heterocycles. The fourth-order valence-corrected chi connectivity index (χ4v) is 11.8. The summed E-state index contributed by atoms with van der Waals surface area (Å²) in [7, 11) is 0. The first-order valence-electron chi connectivity index (χ1n) is 20.0. The second-order valence-corrected chi connectivity index (χ2v) is 17.7.